The van der Waals surface area contributed by atoms with Gasteiger partial charge in [0.25, 0.3) is 11.8 Å². The Kier molecular flexibility index (Phi) is 11.1. The number of amides is 2. The van der Waals surface area contributed by atoms with E-state index in [9.17, 15) is 0 Å². The number of aryl methyl sites for hydroxylation is 2. The van der Waals surface area contributed by atoms with Gasteiger partial charge in [-0.15, -0.1) is 0 Å². The summed E-state index contributed by atoms with van der Waals surface area (Å²) >= 11 is 0. The third-order valence-corrected chi connectivity index (χ3v) is 15.0. The third kappa shape index (κ3) is 7.79. The lowest BCUT2D eigenvalue weighted by atomic mass is 9.79. The van der Waals surface area contributed by atoms with Crippen LogP contribution in [0.2, 0.25) is 0 Å². The zero-order chi connectivity index (χ0) is 50.0. The predicted octanol–water partition coefficient (Wildman–Crippen LogP) is 15.3. The average Bonchev–Trinajstić information content (AvgIpc) is 3.98. The second-order valence-corrected chi connectivity index (χ2v) is 24.1. The van der Waals surface area contributed by atoms with Crippen molar-refractivity contribution >= 4 is 66.8 Å². The van der Waals surface area contributed by atoms with Crippen molar-refractivity contribution in [3.8, 4) is 0 Å². The van der Waals surface area contributed by atoms with Gasteiger partial charge in [0.15, 0.2) is 0 Å². The molecule has 6 nitrogen and oxygen atoms in total. The zero-order valence-electron chi connectivity index (χ0n) is 44.0. The molecule has 0 atom stereocenters. The molecule has 2 amide bonds. The fourth-order valence-electron chi connectivity index (χ4n) is 11.0. The Labute approximate surface area is 415 Å². The van der Waals surface area contributed by atoms with E-state index in [4.69, 9.17) is 0 Å². The van der Waals surface area contributed by atoms with Crippen molar-refractivity contribution in [3.05, 3.63) is 177 Å². The van der Waals surface area contributed by atoms with E-state index in [2.05, 4.69) is 227 Å². The Hall–Kier alpha value is -6.66. The summed E-state index contributed by atoms with van der Waals surface area (Å²) in [5, 5.41) is 4.51. The van der Waals surface area contributed by atoms with Crippen LogP contribution in [0.25, 0.3) is 55.0 Å². The highest BCUT2D eigenvalue weighted by Gasteiger charge is 2.49. The molecule has 2 aliphatic rings. The SMILES string of the molecule is CCn1c2ccccc2c2cc(C3=C4C(=O)N(Cc5cc(C(C)(C)C)cc(C(C)(C)C)c5)C(c5ccc6c(c5)c5ccccc5n6CC)=C4C(=O)N3Cc3cc(C(C)(C)C)cc(C(C)(C)C)c3)ccc21. The summed E-state index contributed by atoms with van der Waals surface area (Å²) in [7, 11) is 0. The molecular weight excluding hydrogens is 857 g/mol. The van der Waals surface area contributed by atoms with Gasteiger partial charge in [0.2, 0.25) is 0 Å². The molecular formula is C64H70N4O2. The van der Waals surface area contributed by atoms with Crippen LogP contribution < -0.4 is 0 Å². The number of para-hydroxylation sites is 2. The third-order valence-electron chi connectivity index (χ3n) is 15.0. The molecule has 0 saturated carbocycles. The first-order valence-corrected chi connectivity index (χ1v) is 25.4. The summed E-state index contributed by atoms with van der Waals surface area (Å²) < 4.78 is 4.70. The van der Waals surface area contributed by atoms with Crippen molar-refractivity contribution < 1.29 is 9.59 Å². The molecule has 2 aromatic heterocycles. The van der Waals surface area contributed by atoms with Crippen molar-refractivity contribution in [1.82, 2.24) is 18.9 Å². The van der Waals surface area contributed by atoms with Gasteiger partial charge in [0.05, 0.1) is 35.6 Å². The van der Waals surface area contributed by atoms with Crippen LogP contribution in [0.4, 0.5) is 0 Å². The van der Waals surface area contributed by atoms with E-state index in [1.807, 2.05) is 9.80 Å². The highest BCUT2D eigenvalue weighted by Crippen LogP contribution is 2.50. The molecule has 6 heteroatoms. The Balaban J connectivity index is 1.26. The standard InChI is InChI=1S/C64H70N4O2/c1-15-65-51-23-19-17-21-47(51)49-33-41(25-27-53(49)65)57-55-56(60(70)67(57)37-39-29-43(61(3,4)5)35-44(30-39)62(6,7)8)58(42-26-28-54-50(34-42)48-22-18-20-24-52(48)66(54)16-2)68(59(55)69)38-40-31-45(63(9,10)11)36-46(32-40)64(12,13)14/h17-36H,15-16,37-38H2,1-14H3. The molecule has 0 spiro atoms. The van der Waals surface area contributed by atoms with E-state index in [1.165, 1.54) is 33.3 Å². The number of nitrogens with zero attached hydrogens (tertiary/aromatic N) is 4. The first-order chi connectivity index (χ1) is 33.0. The molecule has 4 heterocycles. The van der Waals surface area contributed by atoms with Crippen LogP contribution >= 0.6 is 0 Å². The maximum atomic E-state index is 16.1. The lowest BCUT2D eigenvalue weighted by molar-refractivity contribution is -0.124. The molecule has 8 aromatic rings. The Morgan fingerprint density at radius 2 is 0.686 bits per heavy atom. The molecule has 10 rings (SSSR count). The first-order valence-electron chi connectivity index (χ1n) is 25.4. The summed E-state index contributed by atoms with van der Waals surface area (Å²) in [6.07, 6.45) is 0. The van der Waals surface area contributed by atoms with Crippen LogP contribution in [0.5, 0.6) is 0 Å². The largest absolute Gasteiger partial charge is 0.341 e. The van der Waals surface area contributed by atoms with Gasteiger partial charge in [-0.1, -0.05) is 168 Å². The van der Waals surface area contributed by atoms with Crippen molar-refractivity contribution in [1.29, 1.82) is 0 Å². The molecule has 358 valence electrons. The maximum absolute atomic E-state index is 16.1. The van der Waals surface area contributed by atoms with Crippen LogP contribution in [0.3, 0.4) is 0 Å². The van der Waals surface area contributed by atoms with E-state index in [-0.39, 0.29) is 33.5 Å². The molecule has 2 aliphatic heterocycles. The van der Waals surface area contributed by atoms with Crippen LogP contribution in [0.15, 0.2) is 132 Å². The zero-order valence-corrected chi connectivity index (χ0v) is 44.0. The Morgan fingerprint density at radius 3 is 1.00 bits per heavy atom. The summed E-state index contributed by atoms with van der Waals surface area (Å²) in [5.41, 5.74) is 15.1. The van der Waals surface area contributed by atoms with Crippen molar-refractivity contribution in [2.45, 2.75) is 145 Å². The van der Waals surface area contributed by atoms with Crippen molar-refractivity contribution in [2.75, 3.05) is 0 Å². The topological polar surface area (TPSA) is 50.5 Å². The molecule has 6 aromatic carbocycles. The molecule has 0 unspecified atom stereocenters. The van der Waals surface area contributed by atoms with Crippen LogP contribution in [-0.2, 0) is 57.4 Å². The number of carbonyl (C=O) groups is 2. The number of carbonyl (C=O) groups excluding carboxylic acids is 2. The number of rotatable bonds is 8. The van der Waals surface area contributed by atoms with Gasteiger partial charge in [0.1, 0.15) is 0 Å². The fourth-order valence-corrected chi connectivity index (χ4v) is 11.0. The Bertz CT molecular complexity index is 3240. The van der Waals surface area contributed by atoms with Gasteiger partial charge in [-0.3, -0.25) is 9.59 Å². The van der Waals surface area contributed by atoms with Crippen LogP contribution in [-0.4, -0.2) is 30.7 Å². The number of hydrogen-bond acceptors (Lipinski definition) is 2. The summed E-state index contributed by atoms with van der Waals surface area (Å²) in [6.45, 7) is 33.6. The average molecular weight is 927 g/mol. The molecule has 70 heavy (non-hydrogen) atoms. The molecule has 0 fully saturated rings. The van der Waals surface area contributed by atoms with E-state index < -0.39 is 0 Å². The lowest BCUT2D eigenvalue weighted by Gasteiger charge is -2.29. The number of benzene rings is 6. The first kappa shape index (κ1) is 47.0. The van der Waals surface area contributed by atoms with Crippen molar-refractivity contribution in [3.63, 3.8) is 0 Å². The molecule has 0 saturated heterocycles. The predicted molar refractivity (Wildman–Crippen MR) is 293 cm³/mol. The van der Waals surface area contributed by atoms with Gasteiger partial charge in [0, 0.05) is 56.7 Å². The van der Waals surface area contributed by atoms with Gasteiger partial charge in [-0.25, -0.2) is 0 Å². The van der Waals surface area contributed by atoms with Gasteiger partial charge < -0.3 is 18.9 Å². The van der Waals surface area contributed by atoms with Gasteiger partial charge in [-0.05, 0) is 116 Å². The number of fused-ring (bicyclic) bond motifs is 7. The molecule has 0 bridgehead atoms. The lowest BCUT2D eigenvalue weighted by Crippen LogP contribution is -2.30. The molecule has 0 aliphatic carbocycles. The summed E-state index contributed by atoms with van der Waals surface area (Å²) in [6, 6.07) is 43.9. The van der Waals surface area contributed by atoms with Crippen LogP contribution in [0.1, 0.15) is 141 Å². The van der Waals surface area contributed by atoms with Gasteiger partial charge >= 0.3 is 0 Å². The van der Waals surface area contributed by atoms with Crippen LogP contribution in [0, 0.1) is 0 Å². The van der Waals surface area contributed by atoms with E-state index in [0.29, 0.717) is 35.6 Å². The minimum absolute atomic E-state index is 0.121. The number of hydrogen-bond donors (Lipinski definition) is 0. The van der Waals surface area contributed by atoms with E-state index in [0.717, 1.165) is 67.9 Å². The minimum Gasteiger partial charge on any atom is -0.341 e. The Morgan fingerprint density at radius 1 is 0.371 bits per heavy atom. The van der Waals surface area contributed by atoms with E-state index >= 15 is 9.59 Å². The van der Waals surface area contributed by atoms with Crippen molar-refractivity contribution in [2.24, 2.45) is 0 Å². The molecule has 0 N–H and O–H groups in total. The highest BCUT2D eigenvalue weighted by molar-refractivity contribution is 6.30. The molecule has 0 radical (unpaired) electrons. The summed E-state index contributed by atoms with van der Waals surface area (Å²) in [4.78, 5) is 36.1. The summed E-state index contributed by atoms with van der Waals surface area (Å²) in [5.74, 6) is -0.305. The maximum Gasteiger partial charge on any atom is 0.261 e. The second-order valence-electron chi connectivity index (χ2n) is 24.1. The normalized spacial score (nSPS) is 15.1. The number of aromatic nitrogens is 2. The minimum atomic E-state index is -0.152. The monoisotopic (exact) mass is 927 g/mol. The highest BCUT2D eigenvalue weighted by atomic mass is 16.2. The van der Waals surface area contributed by atoms with E-state index in [1.54, 1.807) is 0 Å². The smallest absolute Gasteiger partial charge is 0.261 e. The quantitative estimate of drug-likeness (QED) is 0.152. The van der Waals surface area contributed by atoms with Gasteiger partial charge in [-0.2, -0.15) is 0 Å². The second kappa shape index (κ2) is 16.5. The fraction of sp³-hybridized carbons (Fsp3) is 0.344.